The molecule has 0 spiro atoms. The van der Waals surface area contributed by atoms with Crippen LogP contribution in [-0.2, 0) is 4.79 Å². The van der Waals surface area contributed by atoms with E-state index >= 15 is 0 Å². The number of likely N-dealkylation sites (tertiary alicyclic amines) is 1. The number of carbonyl (C=O) groups is 1. The molecule has 4 aliphatic rings. The molecule has 0 unspecified atom stereocenters. The summed E-state index contributed by atoms with van der Waals surface area (Å²) in [7, 11) is 0. The third-order valence-corrected chi connectivity index (χ3v) is 8.03. The number of rotatable bonds is 9. The number of fused-ring (bicyclic) bond motifs is 1. The molecule has 3 heterocycles. The molecular formula is C31H44N8O. The fourth-order valence-corrected chi connectivity index (χ4v) is 5.50. The summed E-state index contributed by atoms with van der Waals surface area (Å²) >= 11 is 0. The minimum Gasteiger partial charge on any atom is -0.404 e. The predicted molar refractivity (Wildman–Crippen MR) is 163 cm³/mol. The summed E-state index contributed by atoms with van der Waals surface area (Å²) in [5.41, 5.74) is 16.4. The highest BCUT2D eigenvalue weighted by molar-refractivity contribution is 5.97. The van der Waals surface area contributed by atoms with Gasteiger partial charge in [0.05, 0.1) is 11.4 Å². The zero-order valence-electron chi connectivity index (χ0n) is 23.8. The number of dihydropyridines is 2. The van der Waals surface area contributed by atoms with Gasteiger partial charge in [0, 0.05) is 61.5 Å². The van der Waals surface area contributed by atoms with Gasteiger partial charge in [0.15, 0.2) is 0 Å². The Morgan fingerprint density at radius 2 is 1.90 bits per heavy atom. The van der Waals surface area contributed by atoms with Crippen LogP contribution in [0.15, 0.2) is 80.6 Å². The maximum absolute atomic E-state index is 12.9. The standard InChI is InChI=1S/C31H44N8O/c1-21(2)24(16-32)15-29(34)38-30-9-8-27-28(37-30)14-25(20-36-27)26(17-33)19-35-18-22-10-12-39(13-11-22)31(40)23-6-4-3-5-7-23/h8-9,14-17,19-23,32,36-37H,3-7,10-13,18,33H2,1-2H3,(H2,34,38). The van der Waals surface area contributed by atoms with Crippen molar-refractivity contribution in [1.29, 1.82) is 5.41 Å². The van der Waals surface area contributed by atoms with Crippen molar-refractivity contribution in [2.75, 3.05) is 19.6 Å². The molecule has 0 bridgehead atoms. The van der Waals surface area contributed by atoms with Crippen molar-refractivity contribution in [2.45, 2.75) is 58.8 Å². The normalized spacial score (nSPS) is 21.7. The topological polar surface area (TPSA) is 145 Å². The van der Waals surface area contributed by atoms with E-state index in [9.17, 15) is 4.79 Å². The van der Waals surface area contributed by atoms with Crippen molar-refractivity contribution in [1.82, 2.24) is 15.5 Å². The molecule has 7 N–H and O–H groups in total. The number of nitrogens with zero attached hydrogens (tertiary/aromatic N) is 3. The smallest absolute Gasteiger partial charge is 0.225 e. The van der Waals surface area contributed by atoms with E-state index in [2.05, 4.69) is 20.5 Å². The fourth-order valence-electron chi connectivity index (χ4n) is 5.50. The predicted octanol–water partition coefficient (Wildman–Crippen LogP) is 4.01. The van der Waals surface area contributed by atoms with Crippen LogP contribution in [0.2, 0.25) is 0 Å². The second kappa shape index (κ2) is 14.0. The van der Waals surface area contributed by atoms with Crippen molar-refractivity contribution in [3.8, 4) is 0 Å². The number of nitrogens with two attached hydrogens (primary N) is 2. The van der Waals surface area contributed by atoms with Gasteiger partial charge >= 0.3 is 0 Å². The lowest BCUT2D eigenvalue weighted by Crippen LogP contribution is -2.42. The summed E-state index contributed by atoms with van der Waals surface area (Å²) in [6.07, 6.45) is 21.9. The highest BCUT2D eigenvalue weighted by Crippen LogP contribution is 2.28. The first-order valence-electron chi connectivity index (χ1n) is 14.5. The zero-order chi connectivity index (χ0) is 28.5. The summed E-state index contributed by atoms with van der Waals surface area (Å²) in [6, 6.07) is 0. The molecule has 9 nitrogen and oxygen atoms in total. The van der Waals surface area contributed by atoms with Crippen LogP contribution >= 0.6 is 0 Å². The van der Waals surface area contributed by atoms with Crippen molar-refractivity contribution in [3.63, 3.8) is 0 Å². The molecule has 1 saturated heterocycles. The number of aliphatic imine (C=N–C) groups is 2. The van der Waals surface area contributed by atoms with Crippen LogP contribution in [0.1, 0.15) is 58.8 Å². The molecule has 4 rings (SSSR count). The number of allylic oxidation sites excluding steroid dienone is 6. The Morgan fingerprint density at radius 3 is 2.58 bits per heavy atom. The molecule has 0 aromatic heterocycles. The average Bonchev–Trinajstić information content (AvgIpc) is 2.98. The number of nitrogens with one attached hydrogen (secondary N) is 3. The molecule has 3 aliphatic heterocycles. The molecule has 40 heavy (non-hydrogen) atoms. The van der Waals surface area contributed by atoms with Crippen LogP contribution in [0.4, 0.5) is 0 Å². The molecule has 1 saturated carbocycles. The first kappa shape index (κ1) is 29.1. The summed E-state index contributed by atoms with van der Waals surface area (Å²) < 4.78 is 0. The number of hydrogen-bond donors (Lipinski definition) is 5. The highest BCUT2D eigenvalue weighted by Gasteiger charge is 2.29. The number of amides is 1. The van der Waals surface area contributed by atoms with E-state index in [4.69, 9.17) is 21.9 Å². The van der Waals surface area contributed by atoms with E-state index in [0.717, 1.165) is 73.4 Å². The molecule has 0 radical (unpaired) electrons. The number of amidine groups is 1. The summed E-state index contributed by atoms with van der Waals surface area (Å²) in [6.45, 7) is 6.44. The van der Waals surface area contributed by atoms with Gasteiger partial charge in [-0.3, -0.25) is 9.79 Å². The Balaban J connectivity index is 1.30. The monoisotopic (exact) mass is 544 g/mol. The van der Waals surface area contributed by atoms with Crippen LogP contribution in [0, 0.1) is 23.2 Å². The maximum Gasteiger partial charge on any atom is 0.225 e. The van der Waals surface area contributed by atoms with E-state index in [1.807, 2.05) is 44.5 Å². The summed E-state index contributed by atoms with van der Waals surface area (Å²) in [5, 5.41) is 14.2. The number of carbonyl (C=O) groups excluding carboxylic acids is 1. The maximum atomic E-state index is 12.9. The van der Waals surface area contributed by atoms with Crippen LogP contribution in [0.25, 0.3) is 0 Å². The molecule has 1 aliphatic carbocycles. The molecule has 2 fully saturated rings. The van der Waals surface area contributed by atoms with Gasteiger partial charge in [-0.05, 0) is 67.4 Å². The number of piperidine rings is 1. The van der Waals surface area contributed by atoms with Gasteiger partial charge in [-0.2, -0.15) is 0 Å². The van der Waals surface area contributed by atoms with Gasteiger partial charge in [-0.15, -0.1) is 0 Å². The SMILES string of the molecule is CC(C)C(C=N)=CC(N)=NC1=CC=C2NC=C(C(C=NCC3CCN(C(=O)C4CCCCC4)CC3)=CN)C=C2N1. The van der Waals surface area contributed by atoms with Gasteiger partial charge < -0.3 is 32.4 Å². The van der Waals surface area contributed by atoms with Gasteiger partial charge in [-0.25, -0.2) is 4.99 Å². The summed E-state index contributed by atoms with van der Waals surface area (Å²) in [4.78, 5) is 24.1. The van der Waals surface area contributed by atoms with E-state index in [1.165, 1.54) is 25.5 Å². The molecule has 9 heteroatoms. The van der Waals surface area contributed by atoms with Crippen LogP contribution < -0.4 is 22.1 Å². The second-order valence-corrected chi connectivity index (χ2v) is 11.3. The van der Waals surface area contributed by atoms with Gasteiger partial charge in [0.2, 0.25) is 5.91 Å². The molecule has 214 valence electrons. The lowest BCUT2D eigenvalue weighted by Gasteiger charge is -2.34. The van der Waals surface area contributed by atoms with Crippen LogP contribution in [0.5, 0.6) is 0 Å². The largest absolute Gasteiger partial charge is 0.404 e. The lowest BCUT2D eigenvalue weighted by atomic mass is 9.87. The Bertz CT molecular complexity index is 1200. The minimum atomic E-state index is 0.190. The fraction of sp³-hybridized carbons (Fsp3) is 0.484. The molecule has 0 aromatic carbocycles. The van der Waals surface area contributed by atoms with E-state index in [0.29, 0.717) is 23.5 Å². The Labute approximate surface area is 238 Å². The van der Waals surface area contributed by atoms with Crippen molar-refractivity contribution >= 4 is 24.2 Å². The summed E-state index contributed by atoms with van der Waals surface area (Å²) in [5.74, 6) is 2.24. The Kier molecular flexibility index (Phi) is 10.2. The third kappa shape index (κ3) is 7.61. The Morgan fingerprint density at radius 1 is 1.15 bits per heavy atom. The molecule has 1 amide bonds. The quantitative estimate of drug-likeness (QED) is 0.220. The highest BCUT2D eigenvalue weighted by atomic mass is 16.2. The first-order valence-corrected chi connectivity index (χ1v) is 14.5. The van der Waals surface area contributed by atoms with Gasteiger partial charge in [0.1, 0.15) is 11.7 Å². The lowest BCUT2D eigenvalue weighted by molar-refractivity contribution is -0.137. The molecular weight excluding hydrogens is 500 g/mol. The van der Waals surface area contributed by atoms with E-state index < -0.39 is 0 Å². The van der Waals surface area contributed by atoms with Crippen LogP contribution in [0.3, 0.4) is 0 Å². The van der Waals surface area contributed by atoms with E-state index in [1.54, 1.807) is 12.3 Å². The van der Waals surface area contributed by atoms with Gasteiger partial charge in [-0.1, -0.05) is 33.1 Å². The zero-order valence-corrected chi connectivity index (χ0v) is 23.8. The first-order chi connectivity index (χ1) is 19.4. The minimum absolute atomic E-state index is 0.190. The molecule has 0 aromatic rings. The van der Waals surface area contributed by atoms with Crippen molar-refractivity contribution < 1.29 is 4.79 Å². The second-order valence-electron chi connectivity index (χ2n) is 11.3. The van der Waals surface area contributed by atoms with Gasteiger partial charge in [0.25, 0.3) is 0 Å². The average molecular weight is 545 g/mol. The third-order valence-electron chi connectivity index (χ3n) is 8.03. The van der Waals surface area contributed by atoms with Crippen molar-refractivity contribution in [3.05, 3.63) is 70.6 Å². The Hall–Kier alpha value is -3.88. The van der Waals surface area contributed by atoms with Crippen LogP contribution in [-0.4, -0.2) is 48.7 Å². The van der Waals surface area contributed by atoms with E-state index in [-0.39, 0.29) is 11.8 Å². The molecule has 0 atom stereocenters. The number of hydrogen-bond acceptors (Lipinski definition) is 7. The van der Waals surface area contributed by atoms with Crippen molar-refractivity contribution in [2.24, 2.45) is 39.2 Å².